The number of ether oxygens (including phenoxy) is 1. The highest BCUT2D eigenvalue weighted by Crippen LogP contribution is 2.36. The first-order valence-electron chi connectivity index (χ1n) is 12.0. The Kier molecular flexibility index (Phi) is 7.98. The standard InChI is InChI=1S/C27H30N4O3S2/c1-17-15-30(16-18(2)34-17)24-21(19(3)22(14-28)25(32)29(24)4)13-23-26(33)31(27(35)36-23)12-8-11-20-9-6-5-7-10-20/h5-7,9-10,13,17-18H,8,11-12,15-16H2,1-4H3/b23-13-/t17-,18-/m0/s1. The number of anilines is 1. The molecule has 4 rings (SSSR count). The van der Waals surface area contributed by atoms with E-state index in [1.807, 2.05) is 32.0 Å². The third-order valence-electron chi connectivity index (χ3n) is 6.53. The summed E-state index contributed by atoms with van der Waals surface area (Å²) in [6, 6.07) is 12.2. The van der Waals surface area contributed by atoms with Crippen LogP contribution in [0.15, 0.2) is 40.0 Å². The summed E-state index contributed by atoms with van der Waals surface area (Å²) in [6.07, 6.45) is 3.42. The van der Waals surface area contributed by atoms with Crippen LogP contribution in [0, 0.1) is 18.3 Å². The van der Waals surface area contributed by atoms with E-state index in [2.05, 4.69) is 23.1 Å². The minimum Gasteiger partial charge on any atom is -0.372 e. The summed E-state index contributed by atoms with van der Waals surface area (Å²) in [5.41, 5.74) is 2.22. The van der Waals surface area contributed by atoms with Crippen molar-refractivity contribution in [2.75, 3.05) is 24.5 Å². The van der Waals surface area contributed by atoms with Gasteiger partial charge in [0.2, 0.25) is 0 Å². The second-order valence-corrected chi connectivity index (χ2v) is 11.0. The van der Waals surface area contributed by atoms with Crippen molar-refractivity contribution in [3.05, 3.63) is 67.8 Å². The normalized spacial score (nSPS) is 21.4. The quantitative estimate of drug-likeness (QED) is 0.419. The van der Waals surface area contributed by atoms with Gasteiger partial charge in [-0.05, 0) is 50.8 Å². The number of rotatable bonds is 6. The SMILES string of the molecule is Cc1c(/C=C2\SC(=S)N(CCCc3ccccc3)C2=O)c(N2C[C@H](C)O[C@@H](C)C2)n(C)c(=O)c1C#N. The molecule has 1 aromatic carbocycles. The van der Waals surface area contributed by atoms with E-state index in [-0.39, 0.29) is 29.2 Å². The summed E-state index contributed by atoms with van der Waals surface area (Å²) in [7, 11) is 1.68. The van der Waals surface area contributed by atoms with E-state index >= 15 is 0 Å². The molecule has 7 nitrogen and oxygen atoms in total. The smallest absolute Gasteiger partial charge is 0.270 e. The van der Waals surface area contributed by atoms with Crippen molar-refractivity contribution in [1.82, 2.24) is 9.47 Å². The van der Waals surface area contributed by atoms with Crippen molar-refractivity contribution < 1.29 is 9.53 Å². The molecule has 0 radical (unpaired) electrons. The number of nitrogens with zero attached hydrogens (tertiary/aromatic N) is 4. The van der Waals surface area contributed by atoms with Gasteiger partial charge < -0.3 is 9.64 Å². The fraction of sp³-hybridized carbons (Fsp3) is 0.407. The van der Waals surface area contributed by atoms with Crippen molar-refractivity contribution in [3.8, 4) is 6.07 Å². The fourth-order valence-corrected chi connectivity index (χ4v) is 6.15. The lowest BCUT2D eigenvalue weighted by atomic mass is 10.0. The maximum Gasteiger partial charge on any atom is 0.270 e. The molecule has 0 spiro atoms. The molecule has 1 amide bonds. The first-order chi connectivity index (χ1) is 17.2. The Hall–Kier alpha value is -2.93. The van der Waals surface area contributed by atoms with Crippen molar-refractivity contribution in [2.45, 2.75) is 45.8 Å². The Balaban J connectivity index is 1.67. The number of pyridine rings is 1. The third kappa shape index (κ3) is 5.26. The van der Waals surface area contributed by atoms with Crippen molar-refractivity contribution in [1.29, 1.82) is 5.26 Å². The fourth-order valence-electron chi connectivity index (χ4n) is 4.85. The molecule has 36 heavy (non-hydrogen) atoms. The van der Waals surface area contributed by atoms with Crippen molar-refractivity contribution in [3.63, 3.8) is 0 Å². The Labute approximate surface area is 221 Å². The molecule has 0 aliphatic carbocycles. The highest BCUT2D eigenvalue weighted by Gasteiger charge is 2.33. The maximum atomic E-state index is 13.4. The van der Waals surface area contributed by atoms with E-state index in [0.29, 0.717) is 45.8 Å². The lowest BCUT2D eigenvalue weighted by Gasteiger charge is -2.38. The number of carbonyl (C=O) groups is 1. The van der Waals surface area contributed by atoms with Gasteiger partial charge >= 0.3 is 0 Å². The molecular formula is C27H30N4O3S2. The van der Waals surface area contributed by atoms with E-state index in [1.165, 1.54) is 21.9 Å². The Morgan fingerprint density at radius 1 is 1.19 bits per heavy atom. The van der Waals surface area contributed by atoms with Gasteiger partial charge in [-0.15, -0.1) is 0 Å². The van der Waals surface area contributed by atoms with Crippen LogP contribution in [0.1, 0.15) is 42.5 Å². The van der Waals surface area contributed by atoms with Crippen LogP contribution in [0.3, 0.4) is 0 Å². The van der Waals surface area contributed by atoms with E-state index in [4.69, 9.17) is 17.0 Å². The number of nitriles is 1. The van der Waals surface area contributed by atoms with E-state index in [9.17, 15) is 14.9 Å². The molecule has 0 saturated carbocycles. The lowest BCUT2D eigenvalue weighted by Crippen LogP contribution is -2.47. The first-order valence-corrected chi connectivity index (χ1v) is 13.3. The maximum absolute atomic E-state index is 13.4. The Bertz CT molecular complexity index is 1300. The monoisotopic (exact) mass is 522 g/mol. The average molecular weight is 523 g/mol. The number of amides is 1. The predicted molar refractivity (Wildman–Crippen MR) is 148 cm³/mol. The highest BCUT2D eigenvalue weighted by molar-refractivity contribution is 8.26. The molecule has 0 unspecified atom stereocenters. The van der Waals surface area contributed by atoms with Crippen LogP contribution in [-0.4, -0.2) is 51.5 Å². The molecule has 3 heterocycles. The number of thiocarbonyl (C=S) groups is 1. The zero-order valence-electron chi connectivity index (χ0n) is 21.0. The molecule has 2 fully saturated rings. The van der Waals surface area contributed by atoms with Crippen LogP contribution in [-0.2, 0) is 23.0 Å². The van der Waals surface area contributed by atoms with Crippen LogP contribution in [0.4, 0.5) is 5.82 Å². The second-order valence-electron chi connectivity index (χ2n) is 9.30. The molecule has 2 aliphatic heterocycles. The van der Waals surface area contributed by atoms with Gasteiger partial charge in [0, 0.05) is 32.2 Å². The molecule has 2 saturated heterocycles. The number of morpholine rings is 1. The van der Waals surface area contributed by atoms with Gasteiger partial charge in [-0.1, -0.05) is 54.3 Å². The van der Waals surface area contributed by atoms with Crippen LogP contribution in [0.25, 0.3) is 6.08 Å². The van der Waals surface area contributed by atoms with E-state index < -0.39 is 0 Å². The van der Waals surface area contributed by atoms with Crippen LogP contribution in [0.2, 0.25) is 0 Å². The zero-order chi connectivity index (χ0) is 26.0. The van der Waals surface area contributed by atoms with Crippen LogP contribution in [0.5, 0.6) is 0 Å². The number of aryl methyl sites for hydroxylation is 1. The highest BCUT2D eigenvalue weighted by atomic mass is 32.2. The van der Waals surface area contributed by atoms with Crippen LogP contribution < -0.4 is 10.5 Å². The summed E-state index contributed by atoms with van der Waals surface area (Å²) >= 11 is 6.82. The van der Waals surface area contributed by atoms with Gasteiger partial charge in [-0.25, -0.2) is 0 Å². The predicted octanol–water partition coefficient (Wildman–Crippen LogP) is 4.01. The largest absolute Gasteiger partial charge is 0.372 e. The third-order valence-corrected chi connectivity index (χ3v) is 7.90. The molecule has 9 heteroatoms. The van der Waals surface area contributed by atoms with Gasteiger partial charge in [0.1, 0.15) is 21.8 Å². The summed E-state index contributed by atoms with van der Waals surface area (Å²) in [5.74, 6) is 0.548. The molecule has 0 bridgehead atoms. The zero-order valence-corrected chi connectivity index (χ0v) is 22.6. The molecule has 2 aromatic rings. The number of aromatic nitrogens is 1. The number of carbonyl (C=O) groups excluding carboxylic acids is 1. The van der Waals surface area contributed by atoms with E-state index in [0.717, 1.165) is 12.8 Å². The second kappa shape index (κ2) is 11.0. The van der Waals surface area contributed by atoms with Gasteiger partial charge in [-0.2, -0.15) is 5.26 Å². The minimum absolute atomic E-state index is 0.0181. The summed E-state index contributed by atoms with van der Waals surface area (Å²) in [5, 5.41) is 9.70. The van der Waals surface area contributed by atoms with E-state index in [1.54, 1.807) is 24.9 Å². The molecule has 0 N–H and O–H groups in total. The molecule has 2 atom stereocenters. The summed E-state index contributed by atoms with van der Waals surface area (Å²) in [6.45, 7) is 7.50. The Morgan fingerprint density at radius 2 is 1.86 bits per heavy atom. The first kappa shape index (κ1) is 26.1. The Morgan fingerprint density at radius 3 is 2.50 bits per heavy atom. The summed E-state index contributed by atoms with van der Waals surface area (Å²) in [4.78, 5) is 30.6. The topological polar surface area (TPSA) is 78.6 Å². The number of hydrogen-bond donors (Lipinski definition) is 0. The van der Waals surface area contributed by atoms with Gasteiger partial charge in [0.15, 0.2) is 0 Å². The number of benzene rings is 1. The van der Waals surface area contributed by atoms with Gasteiger partial charge in [0.05, 0.1) is 17.1 Å². The lowest BCUT2D eigenvalue weighted by molar-refractivity contribution is -0.122. The molecule has 2 aliphatic rings. The van der Waals surface area contributed by atoms with Crippen molar-refractivity contribution >= 4 is 46.1 Å². The minimum atomic E-state index is -0.345. The van der Waals surface area contributed by atoms with Gasteiger partial charge in [-0.3, -0.25) is 19.1 Å². The molecular weight excluding hydrogens is 492 g/mol. The molecule has 1 aromatic heterocycles. The number of thioether (sulfide) groups is 1. The molecule has 188 valence electrons. The average Bonchev–Trinajstić information content (AvgIpc) is 3.10. The summed E-state index contributed by atoms with van der Waals surface area (Å²) < 4.78 is 7.93. The van der Waals surface area contributed by atoms with Gasteiger partial charge in [0.25, 0.3) is 11.5 Å². The van der Waals surface area contributed by atoms with Crippen molar-refractivity contribution in [2.24, 2.45) is 7.05 Å². The van der Waals surface area contributed by atoms with Crippen LogP contribution >= 0.6 is 24.0 Å². The number of hydrogen-bond acceptors (Lipinski definition) is 7.